The third-order valence-electron chi connectivity index (χ3n) is 5.02. The van der Waals surface area contributed by atoms with E-state index in [4.69, 9.17) is 0 Å². The Labute approximate surface area is 106 Å². The van der Waals surface area contributed by atoms with E-state index in [2.05, 4.69) is 19.9 Å². The monoisotopic (exact) mass is 237 g/mol. The predicted octanol–water partition coefficient (Wildman–Crippen LogP) is 3.89. The van der Waals surface area contributed by atoms with Crippen molar-refractivity contribution in [2.75, 3.05) is 0 Å². The zero-order valence-corrected chi connectivity index (χ0v) is 11.8. The van der Waals surface area contributed by atoms with Gasteiger partial charge in [-0.2, -0.15) is 5.26 Å². The van der Waals surface area contributed by atoms with E-state index in [0.717, 1.165) is 32.1 Å². The Hall–Kier alpha value is -0.550. The summed E-state index contributed by atoms with van der Waals surface area (Å²) in [7, 11) is 0. The molecule has 1 saturated carbocycles. The van der Waals surface area contributed by atoms with E-state index in [1.165, 1.54) is 6.42 Å². The zero-order valence-electron chi connectivity index (χ0n) is 11.8. The Morgan fingerprint density at radius 1 is 1.41 bits per heavy atom. The minimum Gasteiger partial charge on any atom is -0.388 e. The van der Waals surface area contributed by atoms with Gasteiger partial charge in [0, 0.05) is 0 Å². The fraction of sp³-hybridized carbons (Fsp3) is 0.933. The Bertz CT molecular complexity index is 294. The molecule has 0 aliphatic heterocycles. The molecule has 0 radical (unpaired) electrons. The van der Waals surface area contributed by atoms with Gasteiger partial charge < -0.3 is 5.11 Å². The van der Waals surface area contributed by atoms with Crippen LogP contribution in [-0.2, 0) is 0 Å². The minimum absolute atomic E-state index is 0.584. The van der Waals surface area contributed by atoms with Crippen LogP contribution in [0.1, 0.15) is 66.2 Å². The number of hydrogen-bond donors (Lipinski definition) is 1. The van der Waals surface area contributed by atoms with Crippen molar-refractivity contribution >= 4 is 0 Å². The highest BCUT2D eigenvalue weighted by Gasteiger charge is 2.46. The lowest BCUT2D eigenvalue weighted by Gasteiger charge is -2.39. The summed E-state index contributed by atoms with van der Waals surface area (Å²) in [6, 6.07) is 2.36. The molecule has 0 heterocycles. The number of rotatable bonds is 3. The first kappa shape index (κ1) is 14.5. The Morgan fingerprint density at radius 3 is 2.53 bits per heavy atom. The lowest BCUT2D eigenvalue weighted by molar-refractivity contribution is -0.0620. The summed E-state index contributed by atoms with van der Waals surface area (Å²) in [4.78, 5) is 0. The van der Waals surface area contributed by atoms with Crippen LogP contribution in [0.25, 0.3) is 0 Å². The van der Waals surface area contributed by atoms with Gasteiger partial charge in [-0.3, -0.25) is 0 Å². The molecule has 17 heavy (non-hydrogen) atoms. The van der Waals surface area contributed by atoms with Gasteiger partial charge in [-0.1, -0.05) is 33.6 Å². The molecule has 1 rings (SSSR count). The van der Waals surface area contributed by atoms with E-state index < -0.39 is 11.0 Å². The molecule has 98 valence electrons. The van der Waals surface area contributed by atoms with Crippen molar-refractivity contribution in [3.8, 4) is 6.07 Å². The van der Waals surface area contributed by atoms with Crippen LogP contribution in [0, 0.1) is 28.6 Å². The van der Waals surface area contributed by atoms with E-state index >= 15 is 0 Å². The van der Waals surface area contributed by atoms with Gasteiger partial charge in [-0.15, -0.1) is 0 Å². The van der Waals surface area contributed by atoms with Crippen LogP contribution in [0.15, 0.2) is 0 Å². The molecule has 0 spiro atoms. The molecule has 0 aromatic carbocycles. The molecule has 1 aliphatic rings. The number of hydrogen-bond acceptors (Lipinski definition) is 2. The summed E-state index contributed by atoms with van der Waals surface area (Å²) in [5, 5.41) is 20.2. The van der Waals surface area contributed by atoms with Gasteiger partial charge in [0.15, 0.2) is 0 Å². The predicted molar refractivity (Wildman–Crippen MR) is 70.4 cm³/mol. The van der Waals surface area contributed by atoms with Gasteiger partial charge in [0.05, 0.1) is 17.1 Å². The van der Waals surface area contributed by atoms with Crippen LogP contribution in [0.3, 0.4) is 0 Å². The molecule has 3 atom stereocenters. The minimum atomic E-state index is -0.778. The second-order valence-corrected chi connectivity index (χ2v) is 6.26. The topological polar surface area (TPSA) is 44.0 Å². The van der Waals surface area contributed by atoms with Crippen LogP contribution in [0.4, 0.5) is 0 Å². The molecule has 0 aromatic rings. The quantitative estimate of drug-likeness (QED) is 0.757. The molecule has 1 aliphatic carbocycles. The Morgan fingerprint density at radius 2 is 2.06 bits per heavy atom. The molecule has 2 nitrogen and oxygen atoms in total. The van der Waals surface area contributed by atoms with Crippen molar-refractivity contribution in [2.45, 2.75) is 71.8 Å². The maximum atomic E-state index is 10.8. The van der Waals surface area contributed by atoms with Crippen molar-refractivity contribution in [2.24, 2.45) is 17.3 Å². The molecule has 0 amide bonds. The van der Waals surface area contributed by atoms with Gasteiger partial charge in [0.2, 0.25) is 0 Å². The highest BCUT2D eigenvalue weighted by Crippen LogP contribution is 2.45. The van der Waals surface area contributed by atoms with Crippen LogP contribution in [-0.4, -0.2) is 10.7 Å². The van der Waals surface area contributed by atoms with E-state index in [1.54, 1.807) is 0 Å². The molecular formula is C15H27NO. The van der Waals surface area contributed by atoms with E-state index in [-0.39, 0.29) is 0 Å². The highest BCUT2D eigenvalue weighted by molar-refractivity contribution is 5.09. The first-order chi connectivity index (χ1) is 7.88. The molecule has 0 aromatic heterocycles. The van der Waals surface area contributed by atoms with Crippen LogP contribution < -0.4 is 0 Å². The fourth-order valence-corrected chi connectivity index (χ4v) is 3.08. The third kappa shape index (κ3) is 2.83. The maximum absolute atomic E-state index is 10.8. The van der Waals surface area contributed by atoms with Crippen molar-refractivity contribution < 1.29 is 5.11 Å². The van der Waals surface area contributed by atoms with Crippen LogP contribution >= 0.6 is 0 Å². The summed E-state index contributed by atoms with van der Waals surface area (Å²) >= 11 is 0. The average Bonchev–Trinajstić information content (AvgIpc) is 2.51. The summed E-state index contributed by atoms with van der Waals surface area (Å²) < 4.78 is 0. The molecule has 1 fully saturated rings. The smallest absolute Gasteiger partial charge is 0.0830 e. The van der Waals surface area contributed by atoms with E-state index in [0.29, 0.717) is 11.8 Å². The van der Waals surface area contributed by atoms with Gasteiger partial charge in [-0.05, 0) is 44.4 Å². The van der Waals surface area contributed by atoms with Crippen LogP contribution in [0.5, 0.6) is 0 Å². The molecular weight excluding hydrogens is 210 g/mol. The van der Waals surface area contributed by atoms with Crippen molar-refractivity contribution in [3.63, 3.8) is 0 Å². The third-order valence-corrected chi connectivity index (χ3v) is 5.02. The normalized spacial score (nSPS) is 33.8. The Kier molecular flexibility index (Phi) is 4.61. The van der Waals surface area contributed by atoms with Crippen molar-refractivity contribution in [1.29, 1.82) is 5.26 Å². The van der Waals surface area contributed by atoms with Gasteiger partial charge in [0.1, 0.15) is 0 Å². The summed E-state index contributed by atoms with van der Waals surface area (Å²) in [6.45, 7) is 8.45. The second kappa shape index (κ2) is 5.40. The first-order valence-electron chi connectivity index (χ1n) is 7.02. The summed E-state index contributed by atoms with van der Waals surface area (Å²) in [5.74, 6) is 1.40. The fourth-order valence-electron chi connectivity index (χ4n) is 3.08. The van der Waals surface area contributed by atoms with Gasteiger partial charge in [0.25, 0.3) is 0 Å². The Balaban J connectivity index is 2.82. The van der Waals surface area contributed by atoms with E-state index in [1.807, 2.05) is 13.8 Å². The lowest BCUT2D eigenvalue weighted by Crippen LogP contribution is -2.45. The van der Waals surface area contributed by atoms with Crippen molar-refractivity contribution in [1.82, 2.24) is 0 Å². The highest BCUT2D eigenvalue weighted by atomic mass is 16.3. The van der Waals surface area contributed by atoms with Crippen molar-refractivity contribution in [3.05, 3.63) is 0 Å². The summed E-state index contributed by atoms with van der Waals surface area (Å²) in [6.07, 6.45) is 5.61. The number of aliphatic hydroxyl groups is 1. The van der Waals surface area contributed by atoms with Gasteiger partial charge in [-0.25, -0.2) is 0 Å². The first-order valence-corrected chi connectivity index (χ1v) is 7.02. The lowest BCUT2D eigenvalue weighted by atomic mass is 9.68. The second-order valence-electron chi connectivity index (χ2n) is 6.26. The largest absolute Gasteiger partial charge is 0.388 e. The maximum Gasteiger partial charge on any atom is 0.0830 e. The SMILES string of the molecule is CCC(C)(C#N)C1(O)CCCC(C(C)C)CC1. The molecule has 2 heteroatoms. The number of nitriles is 1. The average molecular weight is 237 g/mol. The van der Waals surface area contributed by atoms with Gasteiger partial charge >= 0.3 is 0 Å². The molecule has 1 N–H and O–H groups in total. The van der Waals surface area contributed by atoms with Crippen LogP contribution in [0.2, 0.25) is 0 Å². The zero-order chi connectivity index (χ0) is 13.1. The number of nitrogens with zero attached hydrogens (tertiary/aromatic N) is 1. The van der Waals surface area contributed by atoms with E-state index in [9.17, 15) is 10.4 Å². The molecule has 3 unspecified atom stereocenters. The standard InChI is InChI=1S/C15H27NO/c1-5-14(4,11-16)15(17)9-6-7-13(8-10-15)12(2)3/h12-13,17H,5-10H2,1-4H3. The molecule has 0 saturated heterocycles. The summed E-state index contributed by atoms with van der Waals surface area (Å²) in [5.41, 5.74) is -1.36. The molecule has 0 bridgehead atoms.